The van der Waals surface area contributed by atoms with Crippen molar-refractivity contribution in [2.45, 2.75) is 40.5 Å². The fourth-order valence-corrected chi connectivity index (χ4v) is 2.61. The SMILES string of the molecule is CCCNCCc1ncc(-c2c(C)cc(C)cc2C)o1. The van der Waals surface area contributed by atoms with Gasteiger partial charge in [-0.15, -0.1) is 0 Å². The van der Waals surface area contributed by atoms with Crippen LogP contribution in [0.25, 0.3) is 11.3 Å². The van der Waals surface area contributed by atoms with Gasteiger partial charge in [0.2, 0.25) is 0 Å². The Morgan fingerprint density at radius 2 is 1.80 bits per heavy atom. The minimum atomic E-state index is 0.808. The van der Waals surface area contributed by atoms with Gasteiger partial charge in [-0.1, -0.05) is 24.6 Å². The molecule has 3 heteroatoms. The van der Waals surface area contributed by atoms with Gasteiger partial charge >= 0.3 is 0 Å². The molecule has 1 heterocycles. The van der Waals surface area contributed by atoms with Gasteiger partial charge in [0.05, 0.1) is 6.20 Å². The molecule has 0 aliphatic rings. The molecule has 0 spiro atoms. The number of benzene rings is 1. The summed E-state index contributed by atoms with van der Waals surface area (Å²) in [5.74, 6) is 1.69. The van der Waals surface area contributed by atoms with E-state index in [4.69, 9.17) is 4.42 Å². The van der Waals surface area contributed by atoms with Gasteiger partial charge in [-0.05, 0) is 44.9 Å². The molecule has 0 unspecified atom stereocenters. The zero-order valence-electron chi connectivity index (χ0n) is 12.9. The lowest BCUT2D eigenvalue weighted by atomic mass is 9.98. The number of hydrogen-bond donors (Lipinski definition) is 1. The maximum absolute atomic E-state index is 5.90. The summed E-state index contributed by atoms with van der Waals surface area (Å²) in [5, 5.41) is 3.36. The number of hydrogen-bond acceptors (Lipinski definition) is 3. The number of nitrogens with one attached hydrogen (secondary N) is 1. The molecule has 0 fully saturated rings. The van der Waals surface area contributed by atoms with Gasteiger partial charge in [0.15, 0.2) is 11.7 Å². The maximum atomic E-state index is 5.90. The van der Waals surface area contributed by atoms with E-state index in [0.29, 0.717) is 0 Å². The molecule has 20 heavy (non-hydrogen) atoms. The zero-order chi connectivity index (χ0) is 14.5. The third kappa shape index (κ3) is 3.48. The normalized spacial score (nSPS) is 11.0. The first-order valence-electron chi connectivity index (χ1n) is 7.35. The van der Waals surface area contributed by atoms with E-state index in [2.05, 4.69) is 50.1 Å². The average molecular weight is 272 g/mol. The highest BCUT2D eigenvalue weighted by Gasteiger charge is 2.11. The Kier molecular flexibility index (Phi) is 4.96. The topological polar surface area (TPSA) is 38.1 Å². The largest absolute Gasteiger partial charge is 0.441 e. The highest BCUT2D eigenvalue weighted by atomic mass is 16.4. The first kappa shape index (κ1) is 14.8. The van der Waals surface area contributed by atoms with E-state index in [9.17, 15) is 0 Å². The van der Waals surface area contributed by atoms with Crippen molar-refractivity contribution in [1.82, 2.24) is 10.3 Å². The fraction of sp³-hybridized carbons (Fsp3) is 0.471. The molecule has 0 aliphatic heterocycles. The molecule has 1 aromatic heterocycles. The lowest BCUT2D eigenvalue weighted by molar-refractivity contribution is 0.494. The maximum Gasteiger partial charge on any atom is 0.196 e. The highest BCUT2D eigenvalue weighted by molar-refractivity contribution is 5.66. The molecule has 1 aromatic carbocycles. The molecule has 0 saturated carbocycles. The van der Waals surface area contributed by atoms with Gasteiger partial charge in [0.25, 0.3) is 0 Å². The molecule has 1 N–H and O–H groups in total. The second-order valence-corrected chi connectivity index (χ2v) is 5.39. The van der Waals surface area contributed by atoms with Crippen molar-refractivity contribution in [1.29, 1.82) is 0 Å². The Labute approximate surface area is 121 Å². The molecule has 108 valence electrons. The van der Waals surface area contributed by atoms with Crippen LogP contribution in [0.1, 0.15) is 35.9 Å². The zero-order valence-corrected chi connectivity index (χ0v) is 12.9. The summed E-state index contributed by atoms with van der Waals surface area (Å²) in [6.45, 7) is 10.5. The summed E-state index contributed by atoms with van der Waals surface area (Å²) < 4.78 is 5.90. The molecule has 0 saturated heterocycles. The van der Waals surface area contributed by atoms with Crippen LogP contribution in [0, 0.1) is 20.8 Å². The molecule has 2 rings (SSSR count). The van der Waals surface area contributed by atoms with Crippen LogP contribution < -0.4 is 5.32 Å². The third-order valence-electron chi connectivity index (χ3n) is 3.42. The molecule has 0 amide bonds. The van der Waals surface area contributed by atoms with Crippen molar-refractivity contribution >= 4 is 0 Å². The summed E-state index contributed by atoms with van der Waals surface area (Å²) in [7, 11) is 0. The van der Waals surface area contributed by atoms with Gasteiger partial charge in [-0.3, -0.25) is 0 Å². The number of aryl methyl sites for hydroxylation is 3. The Balaban J connectivity index is 2.13. The van der Waals surface area contributed by atoms with Crippen LogP contribution in [-0.2, 0) is 6.42 Å². The van der Waals surface area contributed by atoms with Crippen LogP contribution in [0.4, 0.5) is 0 Å². The van der Waals surface area contributed by atoms with Crippen LogP contribution in [-0.4, -0.2) is 18.1 Å². The van der Waals surface area contributed by atoms with Crippen LogP contribution in [0.3, 0.4) is 0 Å². The summed E-state index contributed by atoms with van der Waals surface area (Å²) in [4.78, 5) is 4.39. The van der Waals surface area contributed by atoms with Gasteiger partial charge in [0, 0.05) is 18.5 Å². The molecule has 0 atom stereocenters. The Morgan fingerprint density at radius 1 is 1.10 bits per heavy atom. The first-order chi connectivity index (χ1) is 9.61. The lowest BCUT2D eigenvalue weighted by Gasteiger charge is -2.08. The van der Waals surface area contributed by atoms with Crippen molar-refractivity contribution < 1.29 is 4.42 Å². The lowest BCUT2D eigenvalue weighted by Crippen LogP contribution is -2.17. The number of oxazole rings is 1. The predicted molar refractivity (Wildman–Crippen MR) is 83.0 cm³/mol. The minimum Gasteiger partial charge on any atom is -0.441 e. The van der Waals surface area contributed by atoms with Crippen LogP contribution >= 0.6 is 0 Å². The number of rotatable bonds is 6. The monoisotopic (exact) mass is 272 g/mol. The van der Waals surface area contributed by atoms with Crippen molar-refractivity contribution in [3.05, 3.63) is 40.9 Å². The second-order valence-electron chi connectivity index (χ2n) is 5.39. The second kappa shape index (κ2) is 6.71. The molecule has 3 nitrogen and oxygen atoms in total. The van der Waals surface area contributed by atoms with Crippen LogP contribution in [0.5, 0.6) is 0 Å². The first-order valence-corrected chi connectivity index (χ1v) is 7.35. The van der Waals surface area contributed by atoms with E-state index in [1.54, 1.807) is 0 Å². The van der Waals surface area contributed by atoms with Gasteiger partial charge in [0.1, 0.15) is 0 Å². The average Bonchev–Trinajstić information content (AvgIpc) is 2.82. The summed E-state index contributed by atoms with van der Waals surface area (Å²) in [6.07, 6.45) is 3.84. The van der Waals surface area contributed by atoms with E-state index < -0.39 is 0 Å². The number of nitrogens with zero attached hydrogens (tertiary/aromatic N) is 1. The van der Waals surface area contributed by atoms with E-state index in [1.165, 1.54) is 22.3 Å². The van der Waals surface area contributed by atoms with E-state index in [-0.39, 0.29) is 0 Å². The Bertz CT molecular complexity index is 549. The molecular weight excluding hydrogens is 248 g/mol. The molecule has 2 aromatic rings. The standard InChI is InChI=1S/C17H24N2O/c1-5-7-18-8-6-16-19-11-15(20-16)17-13(3)9-12(2)10-14(17)4/h9-11,18H,5-8H2,1-4H3. The molecule has 0 radical (unpaired) electrons. The van der Waals surface area contributed by atoms with Crippen molar-refractivity contribution in [3.63, 3.8) is 0 Å². The van der Waals surface area contributed by atoms with Crippen molar-refractivity contribution in [2.75, 3.05) is 13.1 Å². The smallest absolute Gasteiger partial charge is 0.196 e. The van der Waals surface area contributed by atoms with Crippen molar-refractivity contribution in [2.24, 2.45) is 0 Å². The van der Waals surface area contributed by atoms with E-state index in [0.717, 1.165) is 37.6 Å². The molecular formula is C17H24N2O. The summed E-state index contributed by atoms with van der Waals surface area (Å²) in [5.41, 5.74) is 4.95. The highest BCUT2D eigenvalue weighted by Crippen LogP contribution is 2.28. The fourth-order valence-electron chi connectivity index (χ4n) is 2.61. The van der Waals surface area contributed by atoms with Crippen molar-refractivity contribution in [3.8, 4) is 11.3 Å². The quantitative estimate of drug-likeness (QED) is 0.813. The minimum absolute atomic E-state index is 0.808. The predicted octanol–water partition coefficient (Wildman–Crippen LogP) is 3.81. The molecule has 0 aliphatic carbocycles. The molecule has 0 bridgehead atoms. The van der Waals surface area contributed by atoms with E-state index in [1.807, 2.05) is 6.20 Å². The van der Waals surface area contributed by atoms with E-state index >= 15 is 0 Å². The third-order valence-corrected chi connectivity index (χ3v) is 3.42. The summed E-state index contributed by atoms with van der Waals surface area (Å²) in [6, 6.07) is 4.38. The van der Waals surface area contributed by atoms with Crippen LogP contribution in [0.15, 0.2) is 22.7 Å². The number of aromatic nitrogens is 1. The van der Waals surface area contributed by atoms with Gasteiger partial charge in [-0.25, -0.2) is 4.98 Å². The van der Waals surface area contributed by atoms with Gasteiger partial charge in [-0.2, -0.15) is 0 Å². The Hall–Kier alpha value is -1.61. The van der Waals surface area contributed by atoms with Gasteiger partial charge < -0.3 is 9.73 Å². The van der Waals surface area contributed by atoms with Crippen LogP contribution in [0.2, 0.25) is 0 Å². The Morgan fingerprint density at radius 3 is 2.45 bits per heavy atom. The summed E-state index contributed by atoms with van der Waals surface area (Å²) >= 11 is 0.